The highest BCUT2D eigenvalue weighted by molar-refractivity contribution is 5.77. The van der Waals surface area contributed by atoms with Gasteiger partial charge in [-0.2, -0.15) is 0 Å². The Morgan fingerprint density at radius 1 is 1.35 bits per heavy atom. The normalized spacial score (nSPS) is 15.0. The first-order valence-corrected chi connectivity index (χ1v) is 7.05. The van der Waals surface area contributed by atoms with Gasteiger partial charge in [-0.15, -0.1) is 0 Å². The molecule has 2 rings (SSSR count). The molecule has 0 atom stereocenters. The molecule has 1 fully saturated rings. The number of methoxy groups -OCH3 is 1. The molecule has 1 aromatic carbocycles. The van der Waals surface area contributed by atoms with Crippen LogP contribution in [0.2, 0.25) is 0 Å². The number of rotatable bonds is 5. The minimum atomic E-state index is 0.230. The number of benzene rings is 1. The topological polar surface area (TPSA) is 44.8 Å². The molecule has 1 aromatic rings. The van der Waals surface area contributed by atoms with Gasteiger partial charge in [0.2, 0.25) is 5.91 Å². The fourth-order valence-corrected chi connectivity index (χ4v) is 2.40. The van der Waals surface area contributed by atoms with E-state index >= 15 is 0 Å². The molecule has 1 N–H and O–H groups in total. The summed E-state index contributed by atoms with van der Waals surface area (Å²) in [7, 11) is 3.65. The standard InChI is InChI=1S/C15H23N3O2/c1-17(13-5-3-4-6-14(13)20-2)10-7-15(19)18-11-8-16-9-12-18/h3-6,16H,7-12H2,1-2H3. The second kappa shape index (κ2) is 7.14. The Hall–Kier alpha value is -1.75. The molecule has 1 aliphatic rings. The van der Waals surface area contributed by atoms with Gasteiger partial charge in [0.15, 0.2) is 0 Å². The predicted molar refractivity (Wildman–Crippen MR) is 80.3 cm³/mol. The van der Waals surface area contributed by atoms with Gasteiger partial charge < -0.3 is 19.9 Å². The van der Waals surface area contributed by atoms with Gasteiger partial charge in [-0.05, 0) is 12.1 Å². The molecule has 0 aliphatic carbocycles. The SMILES string of the molecule is COc1ccccc1N(C)CCC(=O)N1CCNCC1. The number of anilines is 1. The van der Waals surface area contributed by atoms with Crippen LogP contribution in [0.25, 0.3) is 0 Å². The van der Waals surface area contributed by atoms with Gasteiger partial charge in [0.25, 0.3) is 0 Å². The Bertz CT molecular complexity index is 444. The van der Waals surface area contributed by atoms with E-state index in [0.29, 0.717) is 13.0 Å². The summed E-state index contributed by atoms with van der Waals surface area (Å²) in [6, 6.07) is 7.87. The minimum absolute atomic E-state index is 0.230. The van der Waals surface area contributed by atoms with E-state index in [-0.39, 0.29) is 5.91 Å². The molecule has 0 saturated carbocycles. The predicted octanol–water partition coefficient (Wildman–Crippen LogP) is 0.953. The van der Waals surface area contributed by atoms with E-state index in [1.807, 2.05) is 36.2 Å². The lowest BCUT2D eigenvalue weighted by atomic mass is 10.2. The van der Waals surface area contributed by atoms with Crippen LogP contribution in [0.3, 0.4) is 0 Å². The van der Waals surface area contributed by atoms with Crippen molar-refractivity contribution in [2.45, 2.75) is 6.42 Å². The van der Waals surface area contributed by atoms with Crippen LogP contribution in [0.4, 0.5) is 5.69 Å². The third-order valence-electron chi connectivity index (χ3n) is 3.63. The van der Waals surface area contributed by atoms with Gasteiger partial charge in [0.1, 0.15) is 5.75 Å². The quantitative estimate of drug-likeness (QED) is 0.870. The number of hydrogen-bond acceptors (Lipinski definition) is 4. The maximum absolute atomic E-state index is 12.1. The largest absolute Gasteiger partial charge is 0.495 e. The molecule has 0 unspecified atom stereocenters. The lowest BCUT2D eigenvalue weighted by Gasteiger charge is -2.28. The first kappa shape index (κ1) is 14.7. The summed E-state index contributed by atoms with van der Waals surface area (Å²) in [6.07, 6.45) is 0.536. The average Bonchev–Trinajstić information content (AvgIpc) is 2.53. The van der Waals surface area contributed by atoms with E-state index in [1.54, 1.807) is 7.11 Å². The third-order valence-corrected chi connectivity index (χ3v) is 3.63. The lowest BCUT2D eigenvalue weighted by Crippen LogP contribution is -2.47. The lowest BCUT2D eigenvalue weighted by molar-refractivity contribution is -0.131. The first-order valence-electron chi connectivity index (χ1n) is 7.05. The van der Waals surface area contributed by atoms with E-state index in [1.165, 1.54) is 0 Å². The minimum Gasteiger partial charge on any atom is -0.495 e. The smallest absolute Gasteiger partial charge is 0.224 e. The van der Waals surface area contributed by atoms with Crippen molar-refractivity contribution in [3.8, 4) is 5.75 Å². The van der Waals surface area contributed by atoms with Crippen LogP contribution >= 0.6 is 0 Å². The van der Waals surface area contributed by atoms with E-state index < -0.39 is 0 Å². The number of piperazine rings is 1. The van der Waals surface area contributed by atoms with E-state index in [9.17, 15) is 4.79 Å². The zero-order valence-electron chi connectivity index (χ0n) is 12.3. The molecule has 5 heteroatoms. The first-order chi connectivity index (χ1) is 9.72. The molecule has 1 saturated heterocycles. The second-order valence-corrected chi connectivity index (χ2v) is 4.97. The summed E-state index contributed by atoms with van der Waals surface area (Å²) in [5.74, 6) is 1.07. The number of carbonyl (C=O) groups excluding carboxylic acids is 1. The Kier molecular flexibility index (Phi) is 5.24. The van der Waals surface area contributed by atoms with Gasteiger partial charge in [-0.25, -0.2) is 0 Å². The average molecular weight is 277 g/mol. The molecule has 1 amide bonds. The molecule has 1 aliphatic heterocycles. The Labute approximate surface area is 120 Å². The Morgan fingerprint density at radius 2 is 2.05 bits per heavy atom. The van der Waals surface area contributed by atoms with Crippen molar-refractivity contribution in [1.82, 2.24) is 10.2 Å². The summed E-state index contributed by atoms with van der Waals surface area (Å²) in [5.41, 5.74) is 1.02. The van der Waals surface area contributed by atoms with Crippen LogP contribution in [-0.4, -0.2) is 57.7 Å². The van der Waals surface area contributed by atoms with Gasteiger partial charge in [-0.3, -0.25) is 4.79 Å². The monoisotopic (exact) mass is 277 g/mol. The maximum atomic E-state index is 12.1. The van der Waals surface area contributed by atoms with Crippen molar-refractivity contribution in [3.05, 3.63) is 24.3 Å². The van der Waals surface area contributed by atoms with Crippen LogP contribution in [0, 0.1) is 0 Å². The van der Waals surface area contributed by atoms with Crippen molar-refractivity contribution in [2.24, 2.45) is 0 Å². The molecule has 1 heterocycles. The molecule has 0 spiro atoms. The second-order valence-electron chi connectivity index (χ2n) is 4.97. The maximum Gasteiger partial charge on any atom is 0.224 e. The molecule has 20 heavy (non-hydrogen) atoms. The van der Waals surface area contributed by atoms with Crippen molar-refractivity contribution in [3.63, 3.8) is 0 Å². The highest BCUT2D eigenvalue weighted by Crippen LogP contribution is 2.26. The van der Waals surface area contributed by atoms with Crippen molar-refractivity contribution >= 4 is 11.6 Å². The summed E-state index contributed by atoms with van der Waals surface area (Å²) in [6.45, 7) is 4.12. The summed E-state index contributed by atoms with van der Waals surface area (Å²) in [4.78, 5) is 16.1. The summed E-state index contributed by atoms with van der Waals surface area (Å²) < 4.78 is 5.34. The molecular weight excluding hydrogens is 254 g/mol. The molecule has 110 valence electrons. The summed E-state index contributed by atoms with van der Waals surface area (Å²) in [5, 5.41) is 3.25. The number of para-hydroxylation sites is 2. The number of hydrogen-bond donors (Lipinski definition) is 1. The summed E-state index contributed by atoms with van der Waals surface area (Å²) >= 11 is 0. The van der Waals surface area contributed by atoms with Crippen LogP contribution in [0.1, 0.15) is 6.42 Å². The highest BCUT2D eigenvalue weighted by Gasteiger charge is 2.17. The third kappa shape index (κ3) is 3.63. The van der Waals surface area contributed by atoms with E-state index in [0.717, 1.165) is 37.6 Å². The fourth-order valence-electron chi connectivity index (χ4n) is 2.40. The van der Waals surface area contributed by atoms with Gasteiger partial charge >= 0.3 is 0 Å². The Morgan fingerprint density at radius 3 is 2.75 bits per heavy atom. The van der Waals surface area contributed by atoms with Crippen molar-refractivity contribution in [2.75, 3.05) is 51.8 Å². The van der Waals surface area contributed by atoms with Gasteiger partial charge in [-0.1, -0.05) is 12.1 Å². The van der Waals surface area contributed by atoms with Crippen LogP contribution in [0.15, 0.2) is 24.3 Å². The van der Waals surface area contributed by atoms with Crippen LogP contribution in [0.5, 0.6) is 5.75 Å². The van der Waals surface area contributed by atoms with Gasteiger partial charge in [0, 0.05) is 46.2 Å². The van der Waals surface area contributed by atoms with Crippen molar-refractivity contribution in [1.29, 1.82) is 0 Å². The number of ether oxygens (including phenoxy) is 1. The van der Waals surface area contributed by atoms with Crippen molar-refractivity contribution < 1.29 is 9.53 Å². The number of amides is 1. The molecular formula is C15H23N3O2. The zero-order chi connectivity index (χ0) is 14.4. The Balaban J connectivity index is 1.88. The highest BCUT2D eigenvalue weighted by atomic mass is 16.5. The molecule has 5 nitrogen and oxygen atoms in total. The number of nitrogens with zero attached hydrogens (tertiary/aromatic N) is 2. The van der Waals surface area contributed by atoms with E-state index in [2.05, 4.69) is 10.2 Å². The van der Waals surface area contributed by atoms with E-state index in [4.69, 9.17) is 4.74 Å². The number of carbonyl (C=O) groups is 1. The van der Waals surface area contributed by atoms with Gasteiger partial charge in [0.05, 0.1) is 12.8 Å². The zero-order valence-corrected chi connectivity index (χ0v) is 12.3. The van der Waals surface area contributed by atoms with Crippen LogP contribution < -0.4 is 15.0 Å². The molecule has 0 bridgehead atoms. The molecule has 0 aromatic heterocycles. The van der Waals surface area contributed by atoms with Crippen LogP contribution in [-0.2, 0) is 4.79 Å². The fraction of sp³-hybridized carbons (Fsp3) is 0.533. The number of nitrogens with one attached hydrogen (secondary N) is 1. The molecule has 0 radical (unpaired) electrons.